The number of anilines is 1. The molecule has 1 aliphatic carbocycles. The van der Waals surface area contributed by atoms with Gasteiger partial charge in [0.1, 0.15) is 6.61 Å². The molecule has 1 aromatic carbocycles. The quantitative estimate of drug-likeness (QED) is 0.880. The molecule has 0 unspecified atom stereocenters. The van der Waals surface area contributed by atoms with Crippen molar-refractivity contribution in [1.29, 1.82) is 0 Å². The molecule has 3 rings (SSSR count). The summed E-state index contributed by atoms with van der Waals surface area (Å²) >= 11 is 0. The lowest BCUT2D eigenvalue weighted by atomic mass is 10.2. The number of hydrogen-bond acceptors (Lipinski definition) is 5. The van der Waals surface area contributed by atoms with Crippen LogP contribution >= 0.6 is 0 Å². The molecule has 0 radical (unpaired) electrons. The van der Waals surface area contributed by atoms with Gasteiger partial charge in [-0.2, -0.15) is 4.98 Å². The largest absolute Gasteiger partial charge is 0.475 e. The van der Waals surface area contributed by atoms with Crippen molar-refractivity contribution in [2.75, 3.05) is 5.32 Å². The van der Waals surface area contributed by atoms with E-state index in [0.717, 1.165) is 18.4 Å². The lowest BCUT2D eigenvalue weighted by molar-refractivity contribution is 0.0661. The van der Waals surface area contributed by atoms with Crippen molar-refractivity contribution < 1.29 is 23.8 Å². The Labute approximate surface area is 125 Å². The highest BCUT2D eigenvalue weighted by atomic mass is 16.6. The fourth-order valence-electron chi connectivity index (χ4n) is 2.02. The molecular weight excluding hydrogens is 288 g/mol. The molecule has 1 amide bonds. The van der Waals surface area contributed by atoms with Crippen molar-refractivity contribution in [3.63, 3.8) is 0 Å². The summed E-state index contributed by atoms with van der Waals surface area (Å²) in [4.78, 5) is 26.8. The lowest BCUT2D eigenvalue weighted by Crippen LogP contribution is -2.13. The summed E-state index contributed by atoms with van der Waals surface area (Å²) in [6, 6.07) is 9.04. The lowest BCUT2D eigenvalue weighted by Gasteiger charge is -2.04. The summed E-state index contributed by atoms with van der Waals surface area (Å²) in [6.07, 6.45) is 1.01. The van der Waals surface area contributed by atoms with E-state index in [1.54, 1.807) is 0 Å². The highest BCUT2D eigenvalue weighted by Crippen LogP contribution is 2.41. The van der Waals surface area contributed by atoms with E-state index in [9.17, 15) is 9.59 Å². The van der Waals surface area contributed by atoms with Gasteiger partial charge in [-0.25, -0.2) is 14.9 Å². The first-order chi connectivity index (χ1) is 10.6. The van der Waals surface area contributed by atoms with Gasteiger partial charge in [0.25, 0.3) is 0 Å². The van der Waals surface area contributed by atoms with E-state index in [4.69, 9.17) is 14.3 Å². The first-order valence-electron chi connectivity index (χ1n) is 6.85. The van der Waals surface area contributed by atoms with Gasteiger partial charge in [-0.15, -0.1) is 0 Å². The van der Waals surface area contributed by atoms with Gasteiger partial charge in [-0.1, -0.05) is 30.3 Å². The van der Waals surface area contributed by atoms with E-state index < -0.39 is 12.1 Å². The Morgan fingerprint density at radius 3 is 2.68 bits per heavy atom. The van der Waals surface area contributed by atoms with Gasteiger partial charge in [0.15, 0.2) is 0 Å². The molecule has 22 heavy (non-hydrogen) atoms. The summed E-state index contributed by atoms with van der Waals surface area (Å²) in [7, 11) is 0. The highest BCUT2D eigenvalue weighted by Gasteiger charge is 2.33. The molecule has 114 valence electrons. The number of rotatable bonds is 5. The van der Waals surface area contributed by atoms with E-state index in [2.05, 4.69) is 10.3 Å². The van der Waals surface area contributed by atoms with Crippen LogP contribution in [0.25, 0.3) is 0 Å². The Hall–Kier alpha value is -2.83. The zero-order valence-electron chi connectivity index (χ0n) is 11.6. The number of ether oxygens (including phenoxy) is 1. The maximum Gasteiger partial charge on any atom is 0.415 e. The van der Waals surface area contributed by atoms with Gasteiger partial charge in [-0.3, -0.25) is 0 Å². The number of carboxylic acid groups (broad SMARTS) is 1. The molecule has 2 aromatic rings. The molecule has 1 saturated carbocycles. The second kappa shape index (κ2) is 5.88. The predicted molar refractivity (Wildman–Crippen MR) is 75.7 cm³/mol. The van der Waals surface area contributed by atoms with Crippen LogP contribution in [-0.2, 0) is 11.3 Å². The van der Waals surface area contributed by atoms with Crippen molar-refractivity contribution in [3.8, 4) is 0 Å². The zero-order valence-corrected chi connectivity index (χ0v) is 11.6. The van der Waals surface area contributed by atoms with Crippen molar-refractivity contribution >= 4 is 18.1 Å². The molecule has 0 saturated heterocycles. The van der Waals surface area contributed by atoms with Crippen LogP contribution in [0.3, 0.4) is 0 Å². The zero-order chi connectivity index (χ0) is 15.5. The van der Waals surface area contributed by atoms with Gasteiger partial charge in [0.2, 0.25) is 5.76 Å². The van der Waals surface area contributed by atoms with E-state index in [1.165, 1.54) is 0 Å². The first-order valence-corrected chi connectivity index (χ1v) is 6.85. The van der Waals surface area contributed by atoms with Crippen molar-refractivity contribution in [1.82, 2.24) is 4.98 Å². The first kappa shape index (κ1) is 14.1. The maximum absolute atomic E-state index is 11.7. The van der Waals surface area contributed by atoms with Gasteiger partial charge in [0.05, 0.1) is 5.69 Å². The molecule has 1 aliphatic rings. The van der Waals surface area contributed by atoms with Gasteiger partial charge >= 0.3 is 18.1 Å². The van der Waals surface area contributed by atoms with Crippen LogP contribution in [0.1, 0.15) is 40.6 Å². The third-order valence-electron chi connectivity index (χ3n) is 3.23. The van der Waals surface area contributed by atoms with Crippen LogP contribution in [-0.4, -0.2) is 22.2 Å². The van der Waals surface area contributed by atoms with Crippen LogP contribution in [0.5, 0.6) is 0 Å². The fourth-order valence-corrected chi connectivity index (χ4v) is 2.02. The molecule has 7 nitrogen and oxygen atoms in total. The van der Waals surface area contributed by atoms with Crippen LogP contribution < -0.4 is 5.32 Å². The number of carboxylic acids is 1. The van der Waals surface area contributed by atoms with E-state index in [0.29, 0.717) is 5.69 Å². The summed E-state index contributed by atoms with van der Waals surface area (Å²) in [5.41, 5.74) is 1.22. The Morgan fingerprint density at radius 2 is 2.05 bits per heavy atom. The van der Waals surface area contributed by atoms with Crippen LogP contribution in [0.2, 0.25) is 0 Å². The highest BCUT2D eigenvalue weighted by molar-refractivity contribution is 5.87. The molecule has 0 spiro atoms. The Bertz CT molecular complexity index is 691. The standard InChI is InChI=1S/C15H14N2O5/c18-13(19)12-11(10-6-7-10)16-14(22-12)17-15(20)21-8-9-4-2-1-3-5-9/h1-5,10H,6-8H2,(H,18,19)(H,16,17,20). The second-order valence-electron chi connectivity index (χ2n) is 5.00. The number of benzene rings is 1. The molecule has 0 atom stereocenters. The monoisotopic (exact) mass is 302 g/mol. The van der Waals surface area contributed by atoms with Gasteiger partial charge < -0.3 is 14.3 Å². The number of carbonyl (C=O) groups is 2. The molecule has 2 N–H and O–H groups in total. The van der Waals surface area contributed by atoms with E-state index in [1.807, 2.05) is 30.3 Å². The number of oxazole rings is 1. The number of hydrogen-bond donors (Lipinski definition) is 2. The number of amides is 1. The summed E-state index contributed by atoms with van der Waals surface area (Å²) < 4.78 is 10.1. The molecule has 0 aliphatic heterocycles. The SMILES string of the molecule is O=C(Nc1nc(C2CC2)c(C(=O)O)o1)OCc1ccccc1. The number of nitrogens with one attached hydrogen (secondary N) is 1. The molecule has 1 fully saturated rings. The second-order valence-corrected chi connectivity index (χ2v) is 5.00. The normalized spacial score (nSPS) is 13.6. The molecule has 0 bridgehead atoms. The summed E-state index contributed by atoms with van der Waals surface area (Å²) in [5, 5.41) is 11.4. The van der Waals surface area contributed by atoms with Crippen LogP contribution in [0, 0.1) is 0 Å². The van der Waals surface area contributed by atoms with Crippen molar-refractivity contribution in [3.05, 3.63) is 47.3 Å². The van der Waals surface area contributed by atoms with Crippen LogP contribution in [0.4, 0.5) is 10.8 Å². The fraction of sp³-hybridized carbons (Fsp3) is 0.267. The number of nitrogens with zero attached hydrogens (tertiary/aromatic N) is 1. The smallest absolute Gasteiger partial charge is 0.415 e. The van der Waals surface area contributed by atoms with Crippen molar-refractivity contribution in [2.45, 2.75) is 25.4 Å². The topological polar surface area (TPSA) is 102 Å². The Morgan fingerprint density at radius 1 is 1.32 bits per heavy atom. The molecule has 7 heteroatoms. The molecule has 1 aromatic heterocycles. The minimum absolute atomic E-state index is 0.103. The molecular formula is C15H14N2O5. The van der Waals surface area contributed by atoms with Gasteiger partial charge in [0, 0.05) is 5.92 Å². The Kier molecular flexibility index (Phi) is 3.78. The average molecular weight is 302 g/mol. The Balaban J connectivity index is 1.61. The number of aromatic nitrogens is 1. The van der Waals surface area contributed by atoms with E-state index >= 15 is 0 Å². The summed E-state index contributed by atoms with van der Waals surface area (Å²) in [6.45, 7) is 0.106. The average Bonchev–Trinajstić information content (AvgIpc) is 3.27. The number of carbonyl (C=O) groups excluding carboxylic acids is 1. The minimum atomic E-state index is -1.19. The van der Waals surface area contributed by atoms with Gasteiger partial charge in [-0.05, 0) is 18.4 Å². The predicted octanol–water partition coefficient (Wildman–Crippen LogP) is 3.00. The van der Waals surface area contributed by atoms with Crippen LogP contribution in [0.15, 0.2) is 34.7 Å². The third-order valence-corrected chi connectivity index (χ3v) is 3.23. The third kappa shape index (κ3) is 3.25. The molecule has 1 heterocycles. The maximum atomic E-state index is 11.7. The van der Waals surface area contributed by atoms with Crippen molar-refractivity contribution in [2.24, 2.45) is 0 Å². The minimum Gasteiger partial charge on any atom is -0.475 e. The summed E-state index contributed by atoms with van der Waals surface area (Å²) in [5.74, 6) is -1.31. The number of aromatic carboxylic acids is 1. The van der Waals surface area contributed by atoms with E-state index in [-0.39, 0.29) is 24.3 Å².